The van der Waals surface area contributed by atoms with Gasteiger partial charge in [0, 0.05) is 25.2 Å². The van der Waals surface area contributed by atoms with E-state index in [9.17, 15) is 9.90 Å². The van der Waals surface area contributed by atoms with Gasteiger partial charge >= 0.3 is 6.09 Å². The summed E-state index contributed by atoms with van der Waals surface area (Å²) in [6.45, 7) is 7.25. The van der Waals surface area contributed by atoms with Gasteiger partial charge in [0.25, 0.3) is 0 Å². The number of nitrogens with one attached hydrogen (secondary N) is 1. The highest BCUT2D eigenvalue weighted by Gasteiger charge is 2.69. The van der Waals surface area contributed by atoms with Crippen molar-refractivity contribution in [2.45, 2.75) is 51.2 Å². The van der Waals surface area contributed by atoms with Crippen LogP contribution in [0.1, 0.15) is 27.2 Å². The number of fused-ring (bicyclic) bond motifs is 2. The summed E-state index contributed by atoms with van der Waals surface area (Å²) in [7, 11) is 0. The summed E-state index contributed by atoms with van der Waals surface area (Å²) in [6.07, 6.45) is -0.581. The van der Waals surface area contributed by atoms with E-state index in [1.54, 1.807) is 6.92 Å². The van der Waals surface area contributed by atoms with E-state index >= 15 is 0 Å². The van der Waals surface area contributed by atoms with Gasteiger partial charge in [-0.05, 0) is 33.1 Å². The second-order valence-corrected chi connectivity index (χ2v) is 6.38. The van der Waals surface area contributed by atoms with Crippen LogP contribution in [0.3, 0.4) is 0 Å². The second-order valence-electron chi connectivity index (χ2n) is 6.38. The van der Waals surface area contributed by atoms with E-state index in [4.69, 9.17) is 18.9 Å². The zero-order valence-electron chi connectivity index (χ0n) is 14.0. The van der Waals surface area contributed by atoms with E-state index in [1.165, 1.54) is 0 Å². The van der Waals surface area contributed by atoms with Crippen LogP contribution < -0.4 is 5.32 Å². The molecule has 7 nitrogen and oxygen atoms in total. The van der Waals surface area contributed by atoms with Crippen LogP contribution in [0.15, 0.2) is 0 Å². The molecule has 1 heterocycles. The number of alkyl carbamates (subject to hydrolysis) is 1. The fourth-order valence-corrected chi connectivity index (χ4v) is 4.71. The van der Waals surface area contributed by atoms with Crippen LogP contribution in [0.4, 0.5) is 4.79 Å². The maximum atomic E-state index is 12.0. The van der Waals surface area contributed by atoms with Crippen molar-refractivity contribution in [2.24, 2.45) is 17.8 Å². The minimum atomic E-state index is -1.02. The van der Waals surface area contributed by atoms with Crippen molar-refractivity contribution in [1.29, 1.82) is 0 Å². The third-order valence-electron chi connectivity index (χ3n) is 5.39. The lowest BCUT2D eigenvalue weighted by molar-refractivity contribution is -0.341. The number of hydrogen-bond acceptors (Lipinski definition) is 6. The van der Waals surface area contributed by atoms with Crippen molar-refractivity contribution >= 4 is 6.09 Å². The summed E-state index contributed by atoms with van der Waals surface area (Å²) in [5, 5.41) is 13.7. The van der Waals surface area contributed by atoms with Crippen molar-refractivity contribution in [1.82, 2.24) is 5.32 Å². The van der Waals surface area contributed by atoms with Gasteiger partial charge in [-0.25, -0.2) is 4.79 Å². The molecule has 0 radical (unpaired) electrons. The Bertz CT molecular complexity index is 438. The predicted octanol–water partition coefficient (Wildman–Crippen LogP) is 0.896. The van der Waals surface area contributed by atoms with Gasteiger partial charge in [0.1, 0.15) is 6.10 Å². The van der Waals surface area contributed by atoms with Gasteiger partial charge < -0.3 is 29.4 Å². The monoisotopic (exact) mass is 329 g/mol. The molecule has 132 valence electrons. The molecule has 0 aromatic carbocycles. The van der Waals surface area contributed by atoms with Gasteiger partial charge in [0.2, 0.25) is 5.79 Å². The normalized spacial score (nSPS) is 40.2. The molecular formula is C16H27NO6. The topological polar surface area (TPSA) is 86.3 Å². The molecule has 0 spiro atoms. The Hall–Kier alpha value is -0.890. The smallest absolute Gasteiger partial charge is 0.407 e. The van der Waals surface area contributed by atoms with Crippen LogP contribution in [-0.4, -0.2) is 61.7 Å². The third-order valence-corrected chi connectivity index (χ3v) is 5.39. The first-order chi connectivity index (χ1) is 11.1. The van der Waals surface area contributed by atoms with Crippen molar-refractivity contribution in [3.8, 4) is 0 Å². The van der Waals surface area contributed by atoms with Crippen molar-refractivity contribution < 1.29 is 28.8 Å². The number of ether oxygens (including phenoxy) is 4. The summed E-state index contributed by atoms with van der Waals surface area (Å²) in [6, 6.07) is -0.278. The molecule has 1 aliphatic heterocycles. The Morgan fingerprint density at radius 1 is 1.22 bits per heavy atom. The fourth-order valence-electron chi connectivity index (χ4n) is 4.71. The maximum Gasteiger partial charge on any atom is 0.407 e. The molecule has 3 rings (SSSR count). The van der Waals surface area contributed by atoms with E-state index in [-0.39, 0.29) is 29.9 Å². The molecule has 1 amide bonds. The van der Waals surface area contributed by atoms with Gasteiger partial charge in [-0.3, -0.25) is 0 Å². The minimum Gasteiger partial charge on any atom is -0.450 e. The second kappa shape index (κ2) is 6.55. The van der Waals surface area contributed by atoms with Crippen LogP contribution in [0.2, 0.25) is 0 Å². The number of hydrogen-bond donors (Lipinski definition) is 2. The standard InChI is InChI=1S/C16H27NO6/c1-4-20-15(19)17-13-10-8-21-11-7-9(10)14(18)12(13)16(11,22-5-2)23-6-3/h9-14,18H,4-8H2,1-3H3,(H,17,19)/t9-,10-,11+,12+,13-,14-/m1/s1. The third kappa shape index (κ3) is 2.54. The molecule has 2 saturated carbocycles. The molecule has 23 heavy (non-hydrogen) atoms. The maximum absolute atomic E-state index is 12.0. The number of carbonyl (C=O) groups excluding carboxylic acids is 1. The lowest BCUT2D eigenvalue weighted by atomic mass is 9.76. The molecule has 0 aromatic heterocycles. The molecule has 1 saturated heterocycles. The van der Waals surface area contributed by atoms with Gasteiger partial charge in [0.15, 0.2) is 0 Å². The van der Waals surface area contributed by atoms with Crippen LogP contribution in [-0.2, 0) is 18.9 Å². The fraction of sp³-hybridized carbons (Fsp3) is 0.938. The Balaban J connectivity index is 1.93. The first-order valence-electron chi connectivity index (χ1n) is 8.59. The highest BCUT2D eigenvalue weighted by atomic mass is 16.7. The Morgan fingerprint density at radius 3 is 2.52 bits per heavy atom. The number of carbonyl (C=O) groups is 1. The van der Waals surface area contributed by atoms with Crippen molar-refractivity contribution in [3.05, 3.63) is 0 Å². The summed E-state index contributed by atoms with van der Waals surface area (Å²) in [5.41, 5.74) is 0. The average Bonchev–Trinajstić information content (AvgIpc) is 2.66. The number of amides is 1. The SMILES string of the molecule is CCOC(=O)N[C@@H]1[C@@H]2CO[C@H]3C[C@H]2[C@@H](O)[C@H]1C3(OCC)OCC. The van der Waals surface area contributed by atoms with Crippen LogP contribution in [0.25, 0.3) is 0 Å². The molecule has 0 unspecified atom stereocenters. The Morgan fingerprint density at radius 2 is 1.91 bits per heavy atom. The van der Waals surface area contributed by atoms with Crippen LogP contribution in [0, 0.1) is 17.8 Å². The van der Waals surface area contributed by atoms with Gasteiger partial charge in [-0.15, -0.1) is 0 Å². The summed E-state index contributed by atoms with van der Waals surface area (Å²) in [4.78, 5) is 12.0. The lowest BCUT2D eigenvalue weighted by Gasteiger charge is -2.50. The van der Waals surface area contributed by atoms with Crippen LogP contribution in [0.5, 0.6) is 0 Å². The summed E-state index contributed by atoms with van der Waals surface area (Å²) < 4.78 is 23.0. The predicted molar refractivity (Wildman–Crippen MR) is 80.8 cm³/mol. The summed E-state index contributed by atoms with van der Waals surface area (Å²) >= 11 is 0. The Labute approximate surface area is 136 Å². The van der Waals surface area contributed by atoms with Gasteiger partial charge in [-0.1, -0.05) is 0 Å². The molecular weight excluding hydrogens is 302 g/mol. The average molecular weight is 329 g/mol. The number of aliphatic hydroxyl groups excluding tert-OH is 1. The van der Waals surface area contributed by atoms with E-state index < -0.39 is 18.0 Å². The zero-order chi connectivity index (χ0) is 16.6. The Kier molecular flexibility index (Phi) is 4.83. The zero-order valence-corrected chi connectivity index (χ0v) is 14.0. The van der Waals surface area contributed by atoms with Crippen LogP contribution >= 0.6 is 0 Å². The molecule has 0 aromatic rings. The van der Waals surface area contributed by atoms with E-state index in [0.29, 0.717) is 32.8 Å². The van der Waals surface area contributed by atoms with E-state index in [0.717, 1.165) is 0 Å². The highest BCUT2D eigenvalue weighted by Crippen LogP contribution is 2.56. The molecule has 2 aliphatic carbocycles. The molecule has 6 atom stereocenters. The largest absolute Gasteiger partial charge is 0.450 e. The quantitative estimate of drug-likeness (QED) is 0.704. The van der Waals surface area contributed by atoms with Crippen molar-refractivity contribution in [3.63, 3.8) is 0 Å². The van der Waals surface area contributed by atoms with Gasteiger partial charge in [-0.2, -0.15) is 0 Å². The van der Waals surface area contributed by atoms with E-state index in [1.807, 2.05) is 13.8 Å². The molecule has 3 fully saturated rings. The summed E-state index contributed by atoms with van der Waals surface area (Å²) in [5.74, 6) is -1.23. The lowest BCUT2D eigenvalue weighted by Crippen LogP contribution is -2.63. The van der Waals surface area contributed by atoms with Crippen molar-refractivity contribution in [2.75, 3.05) is 26.4 Å². The molecule has 2 N–H and O–H groups in total. The molecule has 3 aliphatic rings. The first kappa shape index (κ1) is 17.0. The molecule has 7 heteroatoms. The van der Waals surface area contributed by atoms with E-state index in [2.05, 4.69) is 5.32 Å². The number of aliphatic hydroxyl groups is 1. The number of rotatable bonds is 6. The first-order valence-corrected chi connectivity index (χ1v) is 8.59. The molecule has 3 bridgehead atoms. The minimum absolute atomic E-state index is 0.0541. The highest BCUT2D eigenvalue weighted by molar-refractivity contribution is 5.67. The van der Waals surface area contributed by atoms with Gasteiger partial charge in [0.05, 0.1) is 25.2 Å².